The van der Waals surface area contributed by atoms with Gasteiger partial charge in [-0.2, -0.15) is 0 Å². The van der Waals surface area contributed by atoms with E-state index in [1.54, 1.807) is 11.3 Å². The highest BCUT2D eigenvalue weighted by Crippen LogP contribution is 2.35. The maximum absolute atomic E-state index is 14.7. The van der Waals surface area contributed by atoms with Crippen LogP contribution in [-0.4, -0.2) is 31.1 Å². The van der Waals surface area contributed by atoms with E-state index >= 15 is 0 Å². The summed E-state index contributed by atoms with van der Waals surface area (Å²) in [6, 6.07) is 7.91. The maximum atomic E-state index is 14.7. The van der Waals surface area contributed by atoms with E-state index in [9.17, 15) is 4.39 Å². The second-order valence-electron chi connectivity index (χ2n) is 5.33. The third-order valence-electron chi connectivity index (χ3n) is 3.87. The molecule has 5 heteroatoms. The first-order valence-electron chi connectivity index (χ1n) is 7.10. The number of rotatable bonds is 3. The Morgan fingerprint density at radius 2 is 2.10 bits per heavy atom. The summed E-state index contributed by atoms with van der Waals surface area (Å²) in [5, 5.41) is 5.43. The fraction of sp³-hybridized carbons (Fsp3) is 0.375. The molecule has 0 spiro atoms. The monoisotopic (exact) mass is 368 g/mol. The lowest BCUT2D eigenvalue weighted by molar-refractivity contribution is 0.197. The standard InChI is InChI=1S/C16H18BrFN2S/c1-11-9-12(17)10-13(15(11)18)16(14-3-2-8-21-14)20-6-4-19-5-7-20/h2-3,8-10,16,19H,4-7H2,1H3/t16-/m1/s1. The molecule has 1 aromatic carbocycles. The summed E-state index contributed by atoms with van der Waals surface area (Å²) >= 11 is 5.20. The molecule has 2 aromatic rings. The Bertz CT molecular complexity index is 609. The quantitative estimate of drug-likeness (QED) is 0.881. The van der Waals surface area contributed by atoms with Crippen molar-refractivity contribution in [2.75, 3.05) is 26.2 Å². The summed E-state index contributed by atoms with van der Waals surface area (Å²) in [5.74, 6) is -0.0878. The number of piperazine rings is 1. The van der Waals surface area contributed by atoms with Crippen LogP contribution in [0.1, 0.15) is 22.0 Å². The molecule has 0 aliphatic carbocycles. The van der Waals surface area contributed by atoms with E-state index in [1.807, 2.05) is 25.1 Å². The third-order valence-corrected chi connectivity index (χ3v) is 5.25. The Labute approximate surface area is 137 Å². The van der Waals surface area contributed by atoms with Crippen molar-refractivity contribution >= 4 is 27.3 Å². The van der Waals surface area contributed by atoms with E-state index in [0.29, 0.717) is 5.56 Å². The van der Waals surface area contributed by atoms with Gasteiger partial charge in [0.2, 0.25) is 0 Å². The SMILES string of the molecule is Cc1cc(Br)cc([C@H](c2cccs2)N2CCNCC2)c1F. The van der Waals surface area contributed by atoms with Crippen molar-refractivity contribution in [3.8, 4) is 0 Å². The lowest BCUT2D eigenvalue weighted by Gasteiger charge is -2.35. The van der Waals surface area contributed by atoms with E-state index in [4.69, 9.17) is 0 Å². The molecule has 0 saturated carbocycles. The maximum Gasteiger partial charge on any atom is 0.131 e. The molecule has 0 radical (unpaired) electrons. The van der Waals surface area contributed by atoms with Crippen molar-refractivity contribution in [2.24, 2.45) is 0 Å². The second kappa shape index (κ2) is 6.57. The summed E-state index contributed by atoms with van der Waals surface area (Å²) in [7, 11) is 0. The minimum Gasteiger partial charge on any atom is -0.314 e. The summed E-state index contributed by atoms with van der Waals surface area (Å²) in [6.07, 6.45) is 0. The lowest BCUT2D eigenvalue weighted by atomic mass is 10.00. The van der Waals surface area contributed by atoms with Gasteiger partial charge in [0.15, 0.2) is 0 Å². The van der Waals surface area contributed by atoms with Crippen molar-refractivity contribution < 1.29 is 4.39 Å². The van der Waals surface area contributed by atoms with E-state index in [-0.39, 0.29) is 11.9 Å². The van der Waals surface area contributed by atoms with Crippen LogP contribution in [0.5, 0.6) is 0 Å². The van der Waals surface area contributed by atoms with Crippen LogP contribution in [0.4, 0.5) is 4.39 Å². The fourth-order valence-electron chi connectivity index (χ4n) is 2.87. The van der Waals surface area contributed by atoms with Gasteiger partial charge in [-0.1, -0.05) is 22.0 Å². The average molecular weight is 369 g/mol. The summed E-state index contributed by atoms with van der Waals surface area (Å²) < 4.78 is 15.7. The van der Waals surface area contributed by atoms with Crippen LogP contribution in [0.15, 0.2) is 34.1 Å². The number of benzene rings is 1. The molecule has 1 aliphatic rings. The molecule has 1 atom stereocenters. The number of hydrogen-bond donors (Lipinski definition) is 1. The summed E-state index contributed by atoms with van der Waals surface area (Å²) in [6.45, 7) is 5.61. The molecular weight excluding hydrogens is 351 g/mol. The van der Waals surface area contributed by atoms with E-state index < -0.39 is 0 Å². The van der Waals surface area contributed by atoms with Gasteiger partial charge < -0.3 is 5.32 Å². The molecule has 1 fully saturated rings. The zero-order valence-corrected chi connectivity index (χ0v) is 14.3. The Balaban J connectivity index is 2.07. The molecule has 1 aliphatic heterocycles. The Kier molecular flexibility index (Phi) is 4.74. The number of thiophene rings is 1. The van der Waals surface area contributed by atoms with E-state index in [1.165, 1.54) is 4.88 Å². The van der Waals surface area contributed by atoms with Gasteiger partial charge in [0.05, 0.1) is 6.04 Å². The molecule has 0 amide bonds. The Morgan fingerprint density at radius 1 is 1.33 bits per heavy atom. The molecule has 1 N–H and O–H groups in total. The van der Waals surface area contributed by atoms with Crippen LogP contribution < -0.4 is 5.32 Å². The molecule has 2 nitrogen and oxygen atoms in total. The van der Waals surface area contributed by atoms with Gasteiger partial charge in [-0.15, -0.1) is 11.3 Å². The topological polar surface area (TPSA) is 15.3 Å². The minimum atomic E-state index is -0.0878. The Hall–Kier alpha value is -0.750. The molecule has 3 rings (SSSR count). The van der Waals surface area contributed by atoms with Crippen LogP contribution in [-0.2, 0) is 0 Å². The molecule has 2 heterocycles. The predicted molar refractivity (Wildman–Crippen MR) is 89.4 cm³/mol. The highest BCUT2D eigenvalue weighted by Gasteiger charge is 2.27. The number of aryl methyl sites for hydroxylation is 1. The molecule has 1 saturated heterocycles. The predicted octanol–water partition coefficient (Wildman–Crippen LogP) is 3.95. The lowest BCUT2D eigenvalue weighted by Crippen LogP contribution is -2.45. The van der Waals surface area contributed by atoms with Gasteiger partial charge in [-0.05, 0) is 36.1 Å². The number of halogens is 2. The normalized spacial score (nSPS) is 17.9. The van der Waals surface area contributed by atoms with Crippen LogP contribution in [0.2, 0.25) is 0 Å². The largest absolute Gasteiger partial charge is 0.314 e. The van der Waals surface area contributed by atoms with Crippen LogP contribution in [0.25, 0.3) is 0 Å². The first-order valence-corrected chi connectivity index (χ1v) is 8.78. The number of nitrogens with one attached hydrogen (secondary N) is 1. The summed E-state index contributed by atoms with van der Waals surface area (Å²) in [4.78, 5) is 3.57. The van der Waals surface area contributed by atoms with Crippen molar-refractivity contribution in [2.45, 2.75) is 13.0 Å². The van der Waals surface area contributed by atoms with Crippen molar-refractivity contribution in [1.82, 2.24) is 10.2 Å². The smallest absolute Gasteiger partial charge is 0.131 e. The molecule has 0 bridgehead atoms. The zero-order chi connectivity index (χ0) is 14.8. The number of hydrogen-bond acceptors (Lipinski definition) is 3. The van der Waals surface area contributed by atoms with Gasteiger partial charge in [-0.25, -0.2) is 4.39 Å². The highest BCUT2D eigenvalue weighted by molar-refractivity contribution is 9.10. The van der Waals surface area contributed by atoms with Crippen molar-refractivity contribution in [3.63, 3.8) is 0 Å². The van der Waals surface area contributed by atoms with Gasteiger partial charge in [0.1, 0.15) is 5.82 Å². The molecule has 112 valence electrons. The minimum absolute atomic E-state index is 0.00306. The van der Waals surface area contributed by atoms with Crippen LogP contribution >= 0.6 is 27.3 Å². The van der Waals surface area contributed by atoms with Gasteiger partial charge in [-0.3, -0.25) is 4.90 Å². The Morgan fingerprint density at radius 3 is 2.76 bits per heavy atom. The first kappa shape index (κ1) is 15.2. The average Bonchev–Trinajstić information content (AvgIpc) is 2.99. The van der Waals surface area contributed by atoms with Gasteiger partial charge in [0.25, 0.3) is 0 Å². The van der Waals surface area contributed by atoms with E-state index in [0.717, 1.165) is 36.2 Å². The molecule has 0 unspecified atom stereocenters. The fourth-order valence-corrected chi connectivity index (χ4v) is 4.33. The van der Waals surface area contributed by atoms with Crippen molar-refractivity contribution in [3.05, 3.63) is 55.9 Å². The zero-order valence-electron chi connectivity index (χ0n) is 11.9. The molecule has 1 aromatic heterocycles. The van der Waals surface area contributed by atoms with Crippen LogP contribution in [0.3, 0.4) is 0 Å². The van der Waals surface area contributed by atoms with Gasteiger partial charge in [0, 0.05) is 41.1 Å². The third kappa shape index (κ3) is 3.21. The molecule has 21 heavy (non-hydrogen) atoms. The van der Waals surface area contributed by atoms with Crippen LogP contribution in [0, 0.1) is 12.7 Å². The second-order valence-corrected chi connectivity index (χ2v) is 7.22. The van der Waals surface area contributed by atoms with E-state index in [2.05, 4.69) is 37.6 Å². The molecular formula is C16H18BrFN2S. The van der Waals surface area contributed by atoms with Gasteiger partial charge >= 0.3 is 0 Å². The first-order chi connectivity index (χ1) is 10.2. The van der Waals surface area contributed by atoms with Crippen molar-refractivity contribution in [1.29, 1.82) is 0 Å². The highest BCUT2D eigenvalue weighted by atomic mass is 79.9. The number of nitrogens with zero attached hydrogens (tertiary/aromatic N) is 1. The summed E-state index contributed by atoms with van der Waals surface area (Å²) in [5.41, 5.74) is 1.46.